The molecular formula is C20H27N3O3S. The predicted molar refractivity (Wildman–Crippen MR) is 104 cm³/mol. The highest BCUT2D eigenvalue weighted by molar-refractivity contribution is 7.89. The van der Waals surface area contributed by atoms with Gasteiger partial charge in [0.05, 0.1) is 11.4 Å². The molecule has 3 rings (SSSR count). The van der Waals surface area contributed by atoms with E-state index in [2.05, 4.69) is 16.9 Å². The third-order valence-electron chi connectivity index (χ3n) is 4.67. The lowest BCUT2D eigenvalue weighted by molar-refractivity contribution is 0.119. The number of hydrogen-bond acceptors (Lipinski definition) is 5. The van der Waals surface area contributed by atoms with Crippen molar-refractivity contribution in [1.29, 1.82) is 0 Å². The van der Waals surface area contributed by atoms with Crippen LogP contribution in [0.1, 0.15) is 43.1 Å². The van der Waals surface area contributed by atoms with Crippen molar-refractivity contribution in [2.24, 2.45) is 0 Å². The lowest BCUT2D eigenvalue weighted by atomic mass is 10.1. The van der Waals surface area contributed by atoms with E-state index >= 15 is 0 Å². The normalized spacial score (nSPS) is 18.4. The Bertz CT molecular complexity index is 862. The van der Waals surface area contributed by atoms with Crippen molar-refractivity contribution >= 4 is 10.0 Å². The number of aromatic nitrogens is 2. The monoisotopic (exact) mass is 389 g/mol. The summed E-state index contributed by atoms with van der Waals surface area (Å²) in [6, 6.07) is 9.41. The van der Waals surface area contributed by atoms with Crippen LogP contribution in [0.25, 0.3) is 0 Å². The van der Waals surface area contributed by atoms with Crippen LogP contribution in [0.15, 0.2) is 35.2 Å². The first-order chi connectivity index (χ1) is 12.9. The molecule has 0 bridgehead atoms. The van der Waals surface area contributed by atoms with Crippen LogP contribution in [0, 0.1) is 13.8 Å². The van der Waals surface area contributed by atoms with Crippen LogP contribution in [0.5, 0.6) is 6.01 Å². The number of benzene rings is 1. The number of piperidine rings is 1. The number of nitrogens with zero attached hydrogens (tertiary/aromatic N) is 3. The van der Waals surface area contributed by atoms with Crippen molar-refractivity contribution in [2.45, 2.75) is 57.5 Å². The zero-order valence-electron chi connectivity index (χ0n) is 16.2. The highest BCUT2D eigenvalue weighted by atomic mass is 32.2. The molecule has 7 heteroatoms. The van der Waals surface area contributed by atoms with Crippen molar-refractivity contribution in [3.8, 4) is 6.01 Å². The minimum atomic E-state index is -3.52. The van der Waals surface area contributed by atoms with Crippen molar-refractivity contribution in [3.63, 3.8) is 0 Å². The van der Waals surface area contributed by atoms with Gasteiger partial charge in [0, 0.05) is 17.9 Å². The average Bonchev–Trinajstić information content (AvgIpc) is 2.62. The Labute approximate surface area is 161 Å². The molecular weight excluding hydrogens is 362 g/mol. The first-order valence-corrected chi connectivity index (χ1v) is 10.9. The Morgan fingerprint density at radius 2 is 1.81 bits per heavy atom. The van der Waals surface area contributed by atoms with Gasteiger partial charge in [-0.3, -0.25) is 0 Å². The van der Waals surface area contributed by atoms with E-state index in [1.165, 1.54) is 4.31 Å². The van der Waals surface area contributed by atoms with Gasteiger partial charge < -0.3 is 4.74 Å². The van der Waals surface area contributed by atoms with Crippen molar-refractivity contribution < 1.29 is 13.2 Å². The van der Waals surface area contributed by atoms with E-state index in [4.69, 9.17) is 4.74 Å². The molecule has 0 radical (unpaired) electrons. The Balaban J connectivity index is 1.72. The molecule has 27 heavy (non-hydrogen) atoms. The highest BCUT2D eigenvalue weighted by Gasteiger charge is 2.31. The minimum Gasteiger partial charge on any atom is -0.459 e. The SMILES string of the molecule is CCCc1ccc(S(=O)(=O)N2CCCC(Oc3nc(C)cc(C)n3)C2)cc1. The van der Waals surface area contributed by atoms with Gasteiger partial charge in [0.15, 0.2) is 0 Å². The summed E-state index contributed by atoms with van der Waals surface area (Å²) < 4.78 is 33.4. The van der Waals surface area contributed by atoms with Crippen LogP contribution in [0.2, 0.25) is 0 Å². The summed E-state index contributed by atoms with van der Waals surface area (Å²) in [5, 5.41) is 0. The maximum atomic E-state index is 13.0. The maximum absolute atomic E-state index is 13.0. The molecule has 0 amide bonds. The zero-order chi connectivity index (χ0) is 19.4. The maximum Gasteiger partial charge on any atom is 0.317 e. The van der Waals surface area contributed by atoms with Gasteiger partial charge in [-0.15, -0.1) is 0 Å². The zero-order valence-corrected chi connectivity index (χ0v) is 17.0. The topological polar surface area (TPSA) is 72.4 Å². The van der Waals surface area contributed by atoms with Gasteiger partial charge in [-0.05, 0) is 56.9 Å². The summed E-state index contributed by atoms with van der Waals surface area (Å²) in [6.45, 7) is 6.71. The molecule has 0 spiro atoms. The van der Waals surface area contributed by atoms with Crippen LogP contribution >= 0.6 is 0 Å². The van der Waals surface area contributed by atoms with E-state index in [-0.39, 0.29) is 6.10 Å². The number of sulfonamides is 1. The molecule has 6 nitrogen and oxygen atoms in total. The number of rotatable bonds is 6. The molecule has 0 aliphatic carbocycles. The molecule has 2 heterocycles. The fraction of sp³-hybridized carbons (Fsp3) is 0.500. The Kier molecular flexibility index (Phi) is 6.11. The fourth-order valence-electron chi connectivity index (χ4n) is 3.38. The van der Waals surface area contributed by atoms with Gasteiger partial charge in [0.2, 0.25) is 10.0 Å². The van der Waals surface area contributed by atoms with E-state index < -0.39 is 10.0 Å². The van der Waals surface area contributed by atoms with Crippen LogP contribution in [0.3, 0.4) is 0 Å². The summed E-state index contributed by atoms with van der Waals surface area (Å²) in [5.41, 5.74) is 2.83. The summed E-state index contributed by atoms with van der Waals surface area (Å²) in [6.07, 6.45) is 3.29. The third kappa shape index (κ3) is 4.84. The van der Waals surface area contributed by atoms with Gasteiger partial charge >= 0.3 is 6.01 Å². The van der Waals surface area contributed by atoms with Crippen molar-refractivity contribution in [1.82, 2.24) is 14.3 Å². The molecule has 1 aliphatic rings. The molecule has 1 aliphatic heterocycles. The second-order valence-corrected chi connectivity index (χ2v) is 9.01. The number of aryl methyl sites for hydroxylation is 3. The quantitative estimate of drug-likeness (QED) is 0.758. The average molecular weight is 390 g/mol. The molecule has 1 unspecified atom stereocenters. The van der Waals surface area contributed by atoms with Crippen LogP contribution in [-0.4, -0.2) is 41.9 Å². The molecule has 0 saturated carbocycles. The van der Waals surface area contributed by atoms with E-state index in [9.17, 15) is 8.42 Å². The van der Waals surface area contributed by atoms with E-state index in [1.807, 2.05) is 32.0 Å². The van der Waals surface area contributed by atoms with Gasteiger partial charge in [0.25, 0.3) is 0 Å². The molecule has 1 fully saturated rings. The van der Waals surface area contributed by atoms with Crippen LogP contribution < -0.4 is 4.74 Å². The molecule has 1 aromatic heterocycles. The first-order valence-electron chi connectivity index (χ1n) is 9.46. The lowest BCUT2D eigenvalue weighted by Crippen LogP contribution is -2.44. The van der Waals surface area contributed by atoms with E-state index in [1.54, 1.807) is 12.1 Å². The highest BCUT2D eigenvalue weighted by Crippen LogP contribution is 2.23. The summed E-state index contributed by atoms with van der Waals surface area (Å²) in [5.74, 6) is 0. The molecule has 1 saturated heterocycles. The molecule has 0 N–H and O–H groups in total. The third-order valence-corrected chi connectivity index (χ3v) is 6.55. The molecule has 1 atom stereocenters. The van der Waals surface area contributed by atoms with E-state index in [0.717, 1.165) is 42.6 Å². The Morgan fingerprint density at radius 1 is 1.15 bits per heavy atom. The second-order valence-electron chi connectivity index (χ2n) is 7.07. The van der Waals surface area contributed by atoms with Crippen LogP contribution in [-0.2, 0) is 16.4 Å². The Morgan fingerprint density at radius 3 is 2.44 bits per heavy atom. The van der Waals surface area contributed by atoms with E-state index in [0.29, 0.717) is 24.0 Å². The minimum absolute atomic E-state index is 0.242. The van der Waals surface area contributed by atoms with Gasteiger partial charge in [0.1, 0.15) is 6.10 Å². The predicted octanol–water partition coefficient (Wildman–Crippen LogP) is 3.28. The fourth-order valence-corrected chi connectivity index (χ4v) is 4.89. The number of ether oxygens (including phenoxy) is 1. The smallest absolute Gasteiger partial charge is 0.317 e. The molecule has 1 aromatic carbocycles. The molecule has 146 valence electrons. The van der Waals surface area contributed by atoms with Gasteiger partial charge in [-0.1, -0.05) is 25.5 Å². The second kappa shape index (κ2) is 8.35. The van der Waals surface area contributed by atoms with Gasteiger partial charge in [-0.2, -0.15) is 4.31 Å². The van der Waals surface area contributed by atoms with Crippen molar-refractivity contribution in [3.05, 3.63) is 47.3 Å². The lowest BCUT2D eigenvalue weighted by Gasteiger charge is -2.31. The standard InChI is InChI=1S/C20H27N3O3S/c1-4-6-17-8-10-19(11-9-17)27(24,25)23-12-5-7-18(14-23)26-20-21-15(2)13-16(3)22-20/h8-11,13,18H,4-7,12,14H2,1-3H3. The Hall–Kier alpha value is -1.99. The first kappa shape index (κ1) is 19.8. The van der Waals surface area contributed by atoms with Gasteiger partial charge in [-0.25, -0.2) is 18.4 Å². The largest absolute Gasteiger partial charge is 0.459 e. The summed E-state index contributed by atoms with van der Waals surface area (Å²) in [7, 11) is -3.52. The van der Waals surface area contributed by atoms with Crippen LogP contribution in [0.4, 0.5) is 0 Å². The summed E-state index contributed by atoms with van der Waals surface area (Å²) >= 11 is 0. The summed E-state index contributed by atoms with van der Waals surface area (Å²) in [4.78, 5) is 8.94. The van der Waals surface area contributed by atoms with Crippen molar-refractivity contribution in [2.75, 3.05) is 13.1 Å². The molecule has 2 aromatic rings. The number of hydrogen-bond donors (Lipinski definition) is 0.